The Kier molecular flexibility index (Phi) is 10.0. The first-order chi connectivity index (χ1) is 7.29. The van der Waals surface area contributed by atoms with Gasteiger partial charge in [-0.05, 0) is 6.42 Å². The summed E-state index contributed by atoms with van der Waals surface area (Å²) in [5.41, 5.74) is 0. The minimum absolute atomic E-state index is 0. The molecule has 0 saturated heterocycles. The van der Waals surface area contributed by atoms with Crippen LogP contribution in [0.1, 0.15) is 26.2 Å². The second kappa shape index (κ2) is 8.87. The van der Waals surface area contributed by atoms with Crippen molar-refractivity contribution in [2.24, 2.45) is 0 Å². The number of hydrogen-bond donors (Lipinski definition) is 1. The number of carbonyl (C=O) groups is 2. The van der Waals surface area contributed by atoms with Gasteiger partial charge in [0.15, 0.2) is 5.25 Å². The van der Waals surface area contributed by atoms with Crippen LogP contribution in [0.3, 0.4) is 0 Å². The minimum atomic E-state index is -4.79. The molecule has 94 valence electrons. The minimum Gasteiger partial charge on any atom is -0.550 e. The Balaban J connectivity index is 0. The molecule has 0 amide bonds. The molecule has 0 rings (SSSR count). The Morgan fingerprint density at radius 2 is 1.94 bits per heavy atom. The molecule has 0 aliphatic rings. The Hall–Kier alpha value is -0.150. The van der Waals surface area contributed by atoms with Crippen molar-refractivity contribution in [3.8, 4) is 0 Å². The number of rotatable bonds is 7. The van der Waals surface area contributed by atoms with Gasteiger partial charge in [0, 0.05) is 12.4 Å². The molecular formula is C8H13NaO7S. The fraction of sp³-hybridized carbons (Fsp3) is 0.750. The van der Waals surface area contributed by atoms with Crippen LogP contribution in [0.5, 0.6) is 0 Å². The first kappa shape index (κ1) is 19.2. The van der Waals surface area contributed by atoms with E-state index in [1.54, 1.807) is 0 Å². The Labute approximate surface area is 122 Å². The van der Waals surface area contributed by atoms with Crippen molar-refractivity contribution in [2.45, 2.75) is 31.4 Å². The molecule has 0 saturated carbocycles. The molecule has 0 aromatic heterocycles. The average molecular weight is 276 g/mol. The summed E-state index contributed by atoms with van der Waals surface area (Å²) in [4.78, 5) is 21.3. The molecule has 0 aromatic rings. The summed E-state index contributed by atoms with van der Waals surface area (Å²) in [6, 6.07) is 0. The van der Waals surface area contributed by atoms with Gasteiger partial charge in [0.25, 0.3) is 10.1 Å². The molecule has 0 aromatic carbocycles. The van der Waals surface area contributed by atoms with Crippen LogP contribution in [-0.4, -0.2) is 36.8 Å². The van der Waals surface area contributed by atoms with Gasteiger partial charge in [-0.2, -0.15) is 8.42 Å². The first-order valence-corrected chi connectivity index (χ1v) is 6.12. The van der Waals surface area contributed by atoms with E-state index < -0.39 is 33.7 Å². The van der Waals surface area contributed by atoms with Crippen LogP contribution >= 0.6 is 0 Å². The Morgan fingerprint density at radius 3 is 2.29 bits per heavy atom. The third kappa shape index (κ3) is 8.56. The number of carboxylic acid groups (broad SMARTS) is 1. The van der Waals surface area contributed by atoms with E-state index in [9.17, 15) is 23.1 Å². The van der Waals surface area contributed by atoms with E-state index in [4.69, 9.17) is 4.55 Å². The number of hydrogen-bond acceptors (Lipinski definition) is 6. The molecule has 0 aliphatic heterocycles. The monoisotopic (exact) mass is 276 g/mol. The summed E-state index contributed by atoms with van der Waals surface area (Å²) < 4.78 is 34.5. The van der Waals surface area contributed by atoms with E-state index in [-0.39, 0.29) is 36.2 Å². The molecule has 0 heterocycles. The van der Waals surface area contributed by atoms with Gasteiger partial charge in [-0.25, -0.2) is 0 Å². The van der Waals surface area contributed by atoms with Crippen LogP contribution < -0.4 is 34.7 Å². The Bertz CT molecular complexity index is 351. The molecule has 17 heavy (non-hydrogen) atoms. The SMILES string of the molecule is CCCCOC(=O)C(CC(=O)[O-])S(=O)(=O)O.[Na+]. The van der Waals surface area contributed by atoms with E-state index >= 15 is 0 Å². The summed E-state index contributed by atoms with van der Waals surface area (Å²) in [6.07, 6.45) is 0.128. The van der Waals surface area contributed by atoms with Crippen LogP contribution in [0.2, 0.25) is 0 Å². The number of unbranched alkanes of at least 4 members (excludes halogenated alkanes) is 1. The van der Waals surface area contributed by atoms with Crippen molar-refractivity contribution in [3.05, 3.63) is 0 Å². The smallest absolute Gasteiger partial charge is 0.550 e. The molecule has 9 heteroatoms. The summed E-state index contributed by atoms with van der Waals surface area (Å²) in [6.45, 7) is 1.81. The zero-order valence-corrected chi connectivity index (χ0v) is 12.5. The number of aliphatic carboxylic acids is 1. The number of ether oxygens (including phenoxy) is 1. The van der Waals surface area contributed by atoms with Crippen LogP contribution in [-0.2, 0) is 24.4 Å². The van der Waals surface area contributed by atoms with Crippen molar-refractivity contribution < 1.29 is 62.0 Å². The van der Waals surface area contributed by atoms with Crippen LogP contribution in [0.25, 0.3) is 0 Å². The van der Waals surface area contributed by atoms with E-state index in [1.165, 1.54) is 0 Å². The molecule has 0 aliphatic carbocycles. The van der Waals surface area contributed by atoms with E-state index in [2.05, 4.69) is 4.74 Å². The number of esters is 1. The molecule has 7 nitrogen and oxygen atoms in total. The van der Waals surface area contributed by atoms with Crippen LogP contribution in [0.4, 0.5) is 0 Å². The van der Waals surface area contributed by atoms with Crippen molar-refractivity contribution in [1.82, 2.24) is 0 Å². The average Bonchev–Trinajstić information content (AvgIpc) is 2.12. The summed E-state index contributed by atoms with van der Waals surface area (Å²) >= 11 is 0. The molecule has 0 fully saturated rings. The molecule has 0 radical (unpaired) electrons. The number of carbonyl (C=O) groups excluding carboxylic acids is 2. The standard InChI is InChI=1S/C8H14O7S.Na/c1-2-3-4-15-8(11)6(5-7(9)10)16(12,13)14;/h6H,2-5H2,1H3,(H,9,10)(H,12,13,14);/q;+1/p-1. The maximum absolute atomic E-state index is 11.1. The van der Waals surface area contributed by atoms with E-state index in [1.807, 2.05) is 6.92 Å². The van der Waals surface area contributed by atoms with Gasteiger partial charge in [0.05, 0.1) is 6.61 Å². The summed E-state index contributed by atoms with van der Waals surface area (Å²) in [5, 5.41) is 8.08. The topological polar surface area (TPSA) is 121 Å². The van der Waals surface area contributed by atoms with Gasteiger partial charge in [-0.15, -0.1) is 0 Å². The van der Waals surface area contributed by atoms with Gasteiger partial charge >= 0.3 is 35.5 Å². The van der Waals surface area contributed by atoms with Crippen LogP contribution in [0, 0.1) is 0 Å². The number of carboxylic acids is 1. The third-order valence-corrected chi connectivity index (χ3v) is 2.79. The first-order valence-electron chi connectivity index (χ1n) is 4.61. The van der Waals surface area contributed by atoms with Crippen LogP contribution in [0.15, 0.2) is 0 Å². The maximum atomic E-state index is 11.1. The quantitative estimate of drug-likeness (QED) is 0.216. The molecule has 0 bridgehead atoms. The van der Waals surface area contributed by atoms with Gasteiger partial charge in [0.1, 0.15) is 0 Å². The van der Waals surface area contributed by atoms with Crippen molar-refractivity contribution in [1.29, 1.82) is 0 Å². The van der Waals surface area contributed by atoms with Crippen molar-refractivity contribution in [2.75, 3.05) is 6.61 Å². The molecule has 1 atom stereocenters. The largest absolute Gasteiger partial charge is 1.00 e. The third-order valence-electron chi connectivity index (χ3n) is 1.72. The van der Waals surface area contributed by atoms with Crippen molar-refractivity contribution >= 4 is 22.1 Å². The molecule has 0 spiro atoms. The van der Waals surface area contributed by atoms with E-state index in [0.29, 0.717) is 6.42 Å². The second-order valence-corrected chi connectivity index (χ2v) is 4.70. The van der Waals surface area contributed by atoms with Gasteiger partial charge in [-0.3, -0.25) is 9.35 Å². The van der Waals surface area contributed by atoms with Crippen molar-refractivity contribution in [3.63, 3.8) is 0 Å². The fourth-order valence-corrected chi connectivity index (χ4v) is 1.53. The Morgan fingerprint density at radius 1 is 1.41 bits per heavy atom. The normalized spacial score (nSPS) is 12.4. The van der Waals surface area contributed by atoms with E-state index in [0.717, 1.165) is 6.42 Å². The van der Waals surface area contributed by atoms with Gasteiger partial charge in [-0.1, -0.05) is 13.3 Å². The molecule has 1 N–H and O–H groups in total. The fourth-order valence-electron chi connectivity index (χ4n) is 0.872. The zero-order chi connectivity index (χ0) is 12.8. The molecular weight excluding hydrogens is 263 g/mol. The van der Waals surface area contributed by atoms with Gasteiger partial charge < -0.3 is 14.6 Å². The zero-order valence-electron chi connectivity index (χ0n) is 9.71. The second-order valence-electron chi connectivity index (χ2n) is 3.10. The maximum Gasteiger partial charge on any atom is 1.00 e. The predicted octanol–water partition coefficient (Wildman–Crippen LogP) is -4.27. The predicted molar refractivity (Wildman–Crippen MR) is 50.8 cm³/mol. The summed E-state index contributed by atoms with van der Waals surface area (Å²) in [5.74, 6) is -3.03. The molecule has 1 unspecified atom stereocenters. The summed E-state index contributed by atoms with van der Waals surface area (Å²) in [7, 11) is -4.79. The van der Waals surface area contributed by atoms with Gasteiger partial charge in [0.2, 0.25) is 0 Å².